The monoisotopic (exact) mass is 329 g/mol. The molecule has 2 nitrogen and oxygen atoms in total. The van der Waals surface area contributed by atoms with Crippen molar-refractivity contribution in [3.8, 4) is 0 Å². The van der Waals surface area contributed by atoms with Crippen LogP contribution in [0.4, 0.5) is 0 Å². The van der Waals surface area contributed by atoms with Crippen molar-refractivity contribution >= 4 is 17.5 Å². The standard InChI is InChI=1S/C20H24ClNO/c21-16-3-1-15(2-4-16)19-8-13-7-14(9-19)11-20(10-13,12-19)18(23)22-17-5-6-17/h1-4,13-14,17H,5-12H2,(H,22,23). The van der Waals surface area contributed by atoms with Crippen molar-refractivity contribution in [1.82, 2.24) is 5.32 Å². The van der Waals surface area contributed by atoms with Gasteiger partial charge in [0.25, 0.3) is 0 Å². The zero-order chi connectivity index (χ0) is 15.7. The summed E-state index contributed by atoms with van der Waals surface area (Å²) in [5.41, 5.74) is 1.54. The summed E-state index contributed by atoms with van der Waals surface area (Å²) >= 11 is 6.10. The molecule has 4 bridgehead atoms. The Morgan fingerprint density at radius 1 is 1.04 bits per heavy atom. The van der Waals surface area contributed by atoms with E-state index in [1.54, 1.807) is 0 Å². The Morgan fingerprint density at radius 3 is 2.30 bits per heavy atom. The van der Waals surface area contributed by atoms with Gasteiger partial charge in [0.1, 0.15) is 0 Å². The molecule has 0 aliphatic heterocycles. The van der Waals surface area contributed by atoms with Gasteiger partial charge in [-0.1, -0.05) is 23.7 Å². The summed E-state index contributed by atoms with van der Waals surface area (Å²) in [7, 11) is 0. The molecule has 0 spiro atoms. The lowest BCUT2D eigenvalue weighted by Crippen LogP contribution is -2.59. The number of amides is 1. The maximum Gasteiger partial charge on any atom is 0.226 e. The van der Waals surface area contributed by atoms with Crippen LogP contribution in [0.25, 0.3) is 0 Å². The first-order valence-electron chi connectivity index (χ1n) is 9.14. The molecule has 6 rings (SSSR count). The molecule has 5 fully saturated rings. The molecule has 1 aromatic rings. The second-order valence-corrected chi connectivity index (χ2v) is 9.21. The molecular weight excluding hydrogens is 306 g/mol. The molecule has 2 atom stereocenters. The first kappa shape index (κ1) is 14.3. The predicted molar refractivity (Wildman–Crippen MR) is 91.4 cm³/mol. The smallest absolute Gasteiger partial charge is 0.226 e. The molecule has 5 aliphatic rings. The fourth-order valence-corrected chi connectivity index (χ4v) is 6.36. The second kappa shape index (κ2) is 4.75. The quantitative estimate of drug-likeness (QED) is 0.871. The van der Waals surface area contributed by atoms with Crippen LogP contribution in [0.2, 0.25) is 5.02 Å². The molecule has 5 saturated carbocycles. The molecule has 5 aliphatic carbocycles. The maximum absolute atomic E-state index is 13.0. The Labute approximate surface area is 143 Å². The number of carbonyl (C=O) groups is 1. The minimum Gasteiger partial charge on any atom is -0.353 e. The topological polar surface area (TPSA) is 29.1 Å². The van der Waals surface area contributed by atoms with Crippen molar-refractivity contribution in [2.75, 3.05) is 0 Å². The van der Waals surface area contributed by atoms with Crippen LogP contribution in [-0.2, 0) is 10.2 Å². The number of hydrogen-bond acceptors (Lipinski definition) is 1. The Hall–Kier alpha value is -1.02. The van der Waals surface area contributed by atoms with Gasteiger partial charge < -0.3 is 5.32 Å². The summed E-state index contributed by atoms with van der Waals surface area (Å²) < 4.78 is 0. The molecule has 2 unspecified atom stereocenters. The van der Waals surface area contributed by atoms with E-state index in [1.807, 2.05) is 12.1 Å². The van der Waals surface area contributed by atoms with Crippen molar-refractivity contribution in [2.45, 2.75) is 62.8 Å². The summed E-state index contributed by atoms with van der Waals surface area (Å²) in [6, 6.07) is 8.94. The molecular formula is C20H24ClNO. The van der Waals surface area contributed by atoms with Gasteiger partial charge in [0.2, 0.25) is 5.91 Å². The lowest BCUT2D eigenvalue weighted by Gasteiger charge is -2.61. The van der Waals surface area contributed by atoms with Crippen LogP contribution in [0, 0.1) is 17.3 Å². The highest BCUT2D eigenvalue weighted by molar-refractivity contribution is 6.30. The van der Waals surface area contributed by atoms with E-state index in [2.05, 4.69) is 17.4 Å². The van der Waals surface area contributed by atoms with Crippen LogP contribution in [-0.4, -0.2) is 11.9 Å². The Morgan fingerprint density at radius 2 is 1.70 bits per heavy atom. The zero-order valence-electron chi connectivity index (χ0n) is 13.5. The number of hydrogen-bond donors (Lipinski definition) is 1. The average molecular weight is 330 g/mol. The first-order valence-corrected chi connectivity index (χ1v) is 9.52. The molecule has 0 heterocycles. The highest BCUT2D eigenvalue weighted by Gasteiger charge is 2.61. The van der Waals surface area contributed by atoms with Gasteiger partial charge in [-0.2, -0.15) is 0 Å². The van der Waals surface area contributed by atoms with Gasteiger partial charge >= 0.3 is 0 Å². The van der Waals surface area contributed by atoms with Crippen molar-refractivity contribution in [2.24, 2.45) is 17.3 Å². The Balaban J connectivity index is 1.51. The van der Waals surface area contributed by atoms with Crippen molar-refractivity contribution < 1.29 is 4.79 Å². The van der Waals surface area contributed by atoms with Crippen molar-refractivity contribution in [3.63, 3.8) is 0 Å². The first-order chi connectivity index (χ1) is 11.1. The molecule has 0 radical (unpaired) electrons. The van der Waals surface area contributed by atoms with Gasteiger partial charge in [-0.05, 0) is 86.3 Å². The normalized spacial score (nSPS) is 41.1. The lowest BCUT2D eigenvalue weighted by molar-refractivity contribution is -0.149. The molecule has 1 aromatic carbocycles. The minimum atomic E-state index is -0.0910. The number of halogens is 1. The Bertz CT molecular complexity index is 634. The van der Waals surface area contributed by atoms with E-state index in [0.29, 0.717) is 11.9 Å². The molecule has 0 saturated heterocycles. The average Bonchev–Trinajstić information content (AvgIpc) is 3.30. The van der Waals surface area contributed by atoms with Crippen LogP contribution >= 0.6 is 11.6 Å². The van der Waals surface area contributed by atoms with Gasteiger partial charge in [-0.15, -0.1) is 0 Å². The molecule has 1 N–H and O–H groups in total. The summed E-state index contributed by atoms with van der Waals surface area (Å²) in [5, 5.41) is 4.13. The van der Waals surface area contributed by atoms with E-state index < -0.39 is 0 Å². The Kier molecular flexibility index (Phi) is 2.96. The summed E-state index contributed by atoms with van der Waals surface area (Å²) in [6.07, 6.45) is 9.52. The van der Waals surface area contributed by atoms with Crippen LogP contribution in [0.3, 0.4) is 0 Å². The number of nitrogens with one attached hydrogen (secondary N) is 1. The predicted octanol–water partition coefficient (Wildman–Crippen LogP) is 4.46. The highest BCUT2D eigenvalue weighted by atomic mass is 35.5. The largest absolute Gasteiger partial charge is 0.353 e. The summed E-state index contributed by atoms with van der Waals surface area (Å²) in [4.78, 5) is 13.0. The third-order valence-electron chi connectivity index (χ3n) is 6.91. The molecule has 3 heteroatoms. The number of rotatable bonds is 3. The van der Waals surface area contributed by atoms with Crippen LogP contribution in [0.15, 0.2) is 24.3 Å². The maximum atomic E-state index is 13.0. The van der Waals surface area contributed by atoms with E-state index in [-0.39, 0.29) is 10.8 Å². The SMILES string of the molecule is O=C(NC1CC1)C12CC3CC(C1)CC(c1ccc(Cl)cc1)(C3)C2. The fraction of sp³-hybridized carbons (Fsp3) is 0.650. The van der Waals surface area contributed by atoms with Gasteiger partial charge in [0.05, 0.1) is 5.41 Å². The third kappa shape index (κ3) is 2.25. The van der Waals surface area contributed by atoms with Crippen LogP contribution < -0.4 is 5.32 Å². The third-order valence-corrected chi connectivity index (χ3v) is 7.16. The second-order valence-electron chi connectivity index (χ2n) is 8.78. The van der Waals surface area contributed by atoms with E-state index in [9.17, 15) is 4.79 Å². The van der Waals surface area contributed by atoms with E-state index in [4.69, 9.17) is 11.6 Å². The minimum absolute atomic E-state index is 0.0910. The van der Waals surface area contributed by atoms with Crippen molar-refractivity contribution in [3.05, 3.63) is 34.9 Å². The zero-order valence-corrected chi connectivity index (χ0v) is 14.2. The van der Waals surface area contributed by atoms with Crippen LogP contribution in [0.5, 0.6) is 0 Å². The van der Waals surface area contributed by atoms with E-state index in [0.717, 1.165) is 36.1 Å². The fourth-order valence-electron chi connectivity index (χ4n) is 6.24. The summed E-state index contributed by atoms with van der Waals surface area (Å²) in [5.74, 6) is 1.83. The molecule has 122 valence electrons. The highest BCUT2D eigenvalue weighted by Crippen LogP contribution is 2.65. The summed E-state index contributed by atoms with van der Waals surface area (Å²) in [6.45, 7) is 0. The van der Waals surface area contributed by atoms with Crippen molar-refractivity contribution in [1.29, 1.82) is 0 Å². The van der Waals surface area contributed by atoms with Gasteiger partial charge in [-0.3, -0.25) is 4.79 Å². The van der Waals surface area contributed by atoms with E-state index >= 15 is 0 Å². The van der Waals surface area contributed by atoms with Gasteiger partial charge in [-0.25, -0.2) is 0 Å². The number of benzene rings is 1. The van der Waals surface area contributed by atoms with Gasteiger partial charge in [0.15, 0.2) is 0 Å². The lowest BCUT2D eigenvalue weighted by atomic mass is 9.42. The van der Waals surface area contributed by atoms with Crippen LogP contribution in [0.1, 0.15) is 56.9 Å². The molecule has 0 aromatic heterocycles. The van der Waals surface area contributed by atoms with E-state index in [1.165, 1.54) is 37.7 Å². The molecule has 23 heavy (non-hydrogen) atoms. The number of carbonyl (C=O) groups excluding carboxylic acids is 1. The van der Waals surface area contributed by atoms with Gasteiger partial charge in [0, 0.05) is 11.1 Å². The molecule has 1 amide bonds.